The third-order valence-corrected chi connectivity index (χ3v) is 5.59. The van der Waals surface area contributed by atoms with E-state index in [1.807, 2.05) is 12.3 Å². The van der Waals surface area contributed by atoms with Crippen LogP contribution < -0.4 is 15.4 Å². The van der Waals surface area contributed by atoms with Crippen molar-refractivity contribution in [2.24, 2.45) is 4.99 Å². The van der Waals surface area contributed by atoms with E-state index in [1.54, 1.807) is 11.3 Å². The molecule has 5 nitrogen and oxygen atoms in total. The molecule has 7 heteroatoms. The van der Waals surface area contributed by atoms with Crippen LogP contribution in [-0.2, 0) is 13.0 Å². The number of nitrogens with one attached hydrogen (secondary N) is 2. The lowest BCUT2D eigenvalue weighted by Gasteiger charge is -2.16. The van der Waals surface area contributed by atoms with Crippen LogP contribution in [0.5, 0.6) is 5.75 Å². The number of benzene rings is 1. The molecule has 1 aliphatic carbocycles. The SMILES string of the molecule is CCNC(=NCc1ccccc1OC1CCCC1)NCCc1ncc(C)s1.I. The first-order valence-corrected chi connectivity index (χ1v) is 10.7. The van der Waals surface area contributed by atoms with E-state index in [0.29, 0.717) is 12.6 Å². The Bertz CT molecular complexity index is 744. The highest BCUT2D eigenvalue weighted by atomic mass is 127. The molecule has 1 saturated carbocycles. The summed E-state index contributed by atoms with van der Waals surface area (Å²) in [6.45, 7) is 6.43. The van der Waals surface area contributed by atoms with Gasteiger partial charge in [0.05, 0.1) is 17.7 Å². The van der Waals surface area contributed by atoms with Crippen LogP contribution in [0.4, 0.5) is 0 Å². The Morgan fingerprint density at radius 3 is 2.75 bits per heavy atom. The van der Waals surface area contributed by atoms with Gasteiger partial charge in [0.1, 0.15) is 5.75 Å². The maximum Gasteiger partial charge on any atom is 0.191 e. The van der Waals surface area contributed by atoms with Crippen LogP contribution in [0.2, 0.25) is 0 Å². The topological polar surface area (TPSA) is 58.5 Å². The summed E-state index contributed by atoms with van der Waals surface area (Å²) in [6, 6.07) is 8.26. The van der Waals surface area contributed by atoms with Crippen LogP contribution in [0.3, 0.4) is 0 Å². The molecule has 0 spiro atoms. The minimum absolute atomic E-state index is 0. The zero-order chi connectivity index (χ0) is 18.9. The van der Waals surface area contributed by atoms with Gasteiger partial charge in [0.15, 0.2) is 5.96 Å². The van der Waals surface area contributed by atoms with Crippen molar-refractivity contribution in [1.82, 2.24) is 15.6 Å². The number of thiazole rings is 1. The number of nitrogens with zero attached hydrogens (tertiary/aromatic N) is 2. The van der Waals surface area contributed by atoms with E-state index in [0.717, 1.165) is 54.6 Å². The predicted molar refractivity (Wildman–Crippen MR) is 128 cm³/mol. The summed E-state index contributed by atoms with van der Waals surface area (Å²) in [4.78, 5) is 10.4. The Morgan fingerprint density at radius 2 is 2.04 bits per heavy atom. The van der Waals surface area contributed by atoms with Gasteiger partial charge in [0.2, 0.25) is 0 Å². The number of aryl methyl sites for hydroxylation is 1. The summed E-state index contributed by atoms with van der Waals surface area (Å²) < 4.78 is 6.22. The van der Waals surface area contributed by atoms with Crippen LogP contribution in [0.25, 0.3) is 0 Å². The van der Waals surface area contributed by atoms with Gasteiger partial charge >= 0.3 is 0 Å². The fraction of sp³-hybridized carbons (Fsp3) is 0.524. The summed E-state index contributed by atoms with van der Waals surface area (Å²) in [5.74, 6) is 1.81. The molecule has 0 unspecified atom stereocenters. The second kappa shape index (κ2) is 12.3. The van der Waals surface area contributed by atoms with E-state index < -0.39 is 0 Å². The van der Waals surface area contributed by atoms with E-state index in [-0.39, 0.29) is 24.0 Å². The first kappa shape index (κ1) is 22.9. The fourth-order valence-electron chi connectivity index (χ4n) is 3.25. The van der Waals surface area contributed by atoms with Crippen LogP contribution in [-0.4, -0.2) is 30.1 Å². The van der Waals surface area contributed by atoms with Crippen molar-refractivity contribution >= 4 is 41.3 Å². The summed E-state index contributed by atoms with van der Waals surface area (Å²) in [6.07, 6.45) is 8.08. The number of guanidine groups is 1. The molecule has 1 aliphatic rings. The van der Waals surface area contributed by atoms with Gasteiger partial charge in [-0.2, -0.15) is 0 Å². The van der Waals surface area contributed by atoms with Gasteiger partial charge < -0.3 is 15.4 Å². The van der Waals surface area contributed by atoms with E-state index >= 15 is 0 Å². The summed E-state index contributed by atoms with van der Waals surface area (Å²) in [5.41, 5.74) is 1.14. The number of aliphatic imine (C=N–C) groups is 1. The van der Waals surface area contributed by atoms with Crippen molar-refractivity contribution in [3.8, 4) is 5.75 Å². The van der Waals surface area contributed by atoms with Crippen LogP contribution in [0.15, 0.2) is 35.5 Å². The first-order chi connectivity index (χ1) is 13.2. The molecule has 2 N–H and O–H groups in total. The van der Waals surface area contributed by atoms with Gasteiger partial charge in [-0.3, -0.25) is 0 Å². The average molecular weight is 514 g/mol. The molecule has 0 bridgehead atoms. The molecule has 0 saturated heterocycles. The zero-order valence-corrected chi connectivity index (χ0v) is 19.9. The Morgan fingerprint density at radius 1 is 1.25 bits per heavy atom. The summed E-state index contributed by atoms with van der Waals surface area (Å²) in [7, 11) is 0. The number of aromatic nitrogens is 1. The second-order valence-corrected chi connectivity index (χ2v) is 8.19. The van der Waals surface area contributed by atoms with Gasteiger partial charge in [0.25, 0.3) is 0 Å². The molecule has 0 radical (unpaired) electrons. The molecule has 1 fully saturated rings. The Hall–Kier alpha value is -1.35. The smallest absolute Gasteiger partial charge is 0.191 e. The van der Waals surface area contributed by atoms with Crippen molar-refractivity contribution in [2.45, 2.75) is 58.6 Å². The zero-order valence-electron chi connectivity index (χ0n) is 16.7. The largest absolute Gasteiger partial charge is 0.490 e. The van der Waals surface area contributed by atoms with Crippen molar-refractivity contribution in [1.29, 1.82) is 0 Å². The maximum absolute atomic E-state index is 6.22. The average Bonchev–Trinajstić information content (AvgIpc) is 3.32. The Balaban J connectivity index is 0.00000280. The first-order valence-electron chi connectivity index (χ1n) is 9.92. The Labute approximate surface area is 189 Å². The standard InChI is InChI=1S/C21H30N4OS.HI/c1-3-22-21(23-13-12-20-24-14-16(2)27-20)25-15-17-8-4-7-11-19(17)26-18-9-5-6-10-18;/h4,7-8,11,14,18H,3,5-6,9-10,12-13,15H2,1-2H3,(H2,22,23,25);1H. The fourth-order valence-corrected chi connectivity index (χ4v) is 4.03. The molecule has 2 aromatic rings. The summed E-state index contributed by atoms with van der Waals surface area (Å²) >= 11 is 1.75. The minimum atomic E-state index is 0. The second-order valence-electron chi connectivity index (χ2n) is 6.87. The van der Waals surface area contributed by atoms with Crippen LogP contribution >= 0.6 is 35.3 Å². The van der Waals surface area contributed by atoms with Gasteiger partial charge in [-0.15, -0.1) is 35.3 Å². The maximum atomic E-state index is 6.22. The number of hydrogen-bond donors (Lipinski definition) is 2. The van der Waals surface area contributed by atoms with Gasteiger partial charge in [-0.25, -0.2) is 9.98 Å². The van der Waals surface area contributed by atoms with Gasteiger partial charge in [-0.1, -0.05) is 18.2 Å². The third-order valence-electron chi connectivity index (χ3n) is 4.62. The highest BCUT2D eigenvalue weighted by molar-refractivity contribution is 14.0. The molecule has 3 rings (SSSR count). The van der Waals surface area contributed by atoms with E-state index in [1.165, 1.54) is 17.7 Å². The van der Waals surface area contributed by atoms with Gasteiger partial charge in [0, 0.05) is 36.1 Å². The van der Waals surface area contributed by atoms with Gasteiger partial charge in [-0.05, 0) is 45.6 Å². The lowest BCUT2D eigenvalue weighted by atomic mass is 10.2. The molecule has 28 heavy (non-hydrogen) atoms. The summed E-state index contributed by atoms with van der Waals surface area (Å²) in [5, 5.41) is 7.88. The van der Waals surface area contributed by atoms with Crippen LogP contribution in [0.1, 0.15) is 48.1 Å². The highest BCUT2D eigenvalue weighted by Gasteiger charge is 2.17. The number of hydrogen-bond acceptors (Lipinski definition) is 4. The monoisotopic (exact) mass is 514 g/mol. The number of halogens is 1. The third kappa shape index (κ3) is 7.24. The lowest BCUT2D eigenvalue weighted by Crippen LogP contribution is -2.38. The normalized spacial score (nSPS) is 14.6. The van der Waals surface area contributed by atoms with Crippen LogP contribution in [0, 0.1) is 6.92 Å². The highest BCUT2D eigenvalue weighted by Crippen LogP contribution is 2.27. The Kier molecular flexibility index (Phi) is 10.0. The predicted octanol–water partition coefficient (Wildman–Crippen LogP) is 4.69. The molecule has 154 valence electrons. The van der Waals surface area contributed by atoms with E-state index in [2.05, 4.69) is 47.7 Å². The van der Waals surface area contributed by atoms with Crippen molar-refractivity contribution < 1.29 is 4.74 Å². The minimum Gasteiger partial charge on any atom is -0.490 e. The number of ether oxygens (including phenoxy) is 1. The molecule has 1 aromatic heterocycles. The molecule has 0 aliphatic heterocycles. The lowest BCUT2D eigenvalue weighted by molar-refractivity contribution is 0.208. The molecule has 0 amide bonds. The molecule has 1 aromatic carbocycles. The molecular formula is C21H31IN4OS. The quantitative estimate of drug-likeness (QED) is 0.305. The van der Waals surface area contributed by atoms with Crippen molar-refractivity contribution in [2.75, 3.05) is 13.1 Å². The van der Waals surface area contributed by atoms with E-state index in [4.69, 9.17) is 9.73 Å². The molecule has 0 atom stereocenters. The van der Waals surface area contributed by atoms with E-state index in [9.17, 15) is 0 Å². The van der Waals surface area contributed by atoms with Crippen molar-refractivity contribution in [3.05, 3.63) is 45.9 Å². The van der Waals surface area contributed by atoms with Crippen molar-refractivity contribution in [3.63, 3.8) is 0 Å². The number of para-hydroxylation sites is 1. The number of rotatable bonds is 8. The molecule has 1 heterocycles. The molecular weight excluding hydrogens is 483 g/mol.